The third-order valence-corrected chi connectivity index (χ3v) is 6.26. The van der Waals surface area contributed by atoms with Crippen molar-refractivity contribution in [1.29, 1.82) is 0 Å². The van der Waals surface area contributed by atoms with Crippen molar-refractivity contribution < 1.29 is 9.32 Å². The average Bonchev–Trinajstić information content (AvgIpc) is 3.45. The molecular weight excluding hydrogens is 366 g/mol. The monoisotopic (exact) mass is 391 g/mol. The molecule has 0 N–H and O–H groups in total. The van der Waals surface area contributed by atoms with Gasteiger partial charge in [-0.1, -0.05) is 12.1 Å². The van der Waals surface area contributed by atoms with Crippen molar-refractivity contribution in [3.63, 3.8) is 0 Å². The van der Waals surface area contributed by atoms with Crippen LogP contribution in [0, 0.1) is 13.8 Å². The molecule has 0 radical (unpaired) electrons. The van der Waals surface area contributed by atoms with Gasteiger partial charge >= 0.3 is 0 Å². The van der Waals surface area contributed by atoms with Gasteiger partial charge in [0.05, 0.1) is 17.1 Å². The zero-order chi connectivity index (χ0) is 20.2. The zero-order valence-corrected chi connectivity index (χ0v) is 17.1. The van der Waals surface area contributed by atoms with Gasteiger partial charge in [0, 0.05) is 32.0 Å². The van der Waals surface area contributed by atoms with E-state index in [1.165, 1.54) is 5.69 Å². The summed E-state index contributed by atoms with van der Waals surface area (Å²) < 4.78 is 7.43. The molecule has 7 heteroatoms. The lowest BCUT2D eigenvalue weighted by Gasteiger charge is -2.47. The highest BCUT2D eigenvalue weighted by Gasteiger charge is 2.50. The molecule has 2 aliphatic rings. The molecule has 1 amide bonds. The molecule has 29 heavy (non-hydrogen) atoms. The van der Waals surface area contributed by atoms with Gasteiger partial charge in [-0.25, -0.2) is 4.98 Å². The topological polar surface area (TPSA) is 67.4 Å². The van der Waals surface area contributed by atoms with Gasteiger partial charge in [-0.15, -0.1) is 0 Å². The van der Waals surface area contributed by atoms with Crippen LogP contribution in [0.4, 0.5) is 5.69 Å². The summed E-state index contributed by atoms with van der Waals surface area (Å²) in [6.45, 7) is 8.07. The zero-order valence-electron chi connectivity index (χ0n) is 17.1. The van der Waals surface area contributed by atoms with Crippen molar-refractivity contribution in [3.05, 3.63) is 59.4 Å². The van der Waals surface area contributed by atoms with Crippen molar-refractivity contribution in [3.8, 4) is 5.82 Å². The number of likely N-dealkylation sites (tertiary alicyclic amines) is 1. The number of carbonyl (C=O) groups is 1. The highest BCUT2D eigenvalue weighted by molar-refractivity contribution is 5.96. The molecule has 0 saturated carbocycles. The Bertz CT molecular complexity index is 1070. The highest BCUT2D eigenvalue weighted by atomic mass is 16.5. The number of aromatic nitrogens is 3. The fraction of sp³-hybridized carbons (Fsp3) is 0.409. The Morgan fingerprint density at radius 1 is 1.28 bits per heavy atom. The minimum absolute atomic E-state index is 0.00432. The van der Waals surface area contributed by atoms with Gasteiger partial charge in [0.2, 0.25) is 0 Å². The van der Waals surface area contributed by atoms with Crippen molar-refractivity contribution in [2.75, 3.05) is 24.5 Å². The molecule has 1 spiro atoms. The number of anilines is 1. The molecule has 0 aromatic carbocycles. The van der Waals surface area contributed by atoms with Crippen LogP contribution in [0.3, 0.4) is 0 Å². The number of aryl methyl sites for hydroxylation is 2. The van der Waals surface area contributed by atoms with Gasteiger partial charge in [-0.2, -0.15) is 0 Å². The number of hydrogen-bond donors (Lipinski definition) is 0. The van der Waals surface area contributed by atoms with Crippen molar-refractivity contribution in [1.82, 2.24) is 19.6 Å². The normalized spacial score (nSPS) is 20.2. The summed E-state index contributed by atoms with van der Waals surface area (Å²) in [7, 11) is 0. The van der Waals surface area contributed by atoms with Crippen LogP contribution in [-0.4, -0.2) is 45.1 Å². The minimum atomic E-state index is -0.260. The van der Waals surface area contributed by atoms with E-state index in [0.29, 0.717) is 30.1 Å². The number of nitrogens with zero attached hydrogens (tertiary/aromatic N) is 5. The number of amides is 1. The summed E-state index contributed by atoms with van der Waals surface area (Å²) in [6.07, 6.45) is 5.81. The summed E-state index contributed by atoms with van der Waals surface area (Å²) in [5, 5.41) is 3.97. The SMILES string of the molecule is CCCN1c2cccnc2-n2cccc2[C@@]12CCN(C(=O)c1c(C)noc1C)C2. The number of rotatable bonds is 3. The second kappa shape index (κ2) is 6.47. The highest BCUT2D eigenvalue weighted by Crippen LogP contribution is 2.47. The van der Waals surface area contributed by atoms with E-state index in [9.17, 15) is 4.79 Å². The first-order chi connectivity index (χ1) is 14.1. The standard InChI is InChI=1S/C22H25N5O2/c1-4-11-27-17-7-5-10-23-20(17)26-12-6-8-18(26)22(27)9-13-25(14-22)21(28)19-15(2)24-29-16(19)3/h5-8,10,12H,4,9,11,13-14H2,1-3H3/t22-/m0/s1. The summed E-state index contributed by atoms with van der Waals surface area (Å²) in [5.41, 5.74) is 3.32. The van der Waals surface area contributed by atoms with Gasteiger partial charge in [-0.3, -0.25) is 4.79 Å². The molecule has 0 aliphatic carbocycles. The lowest BCUT2D eigenvalue weighted by atomic mass is 9.88. The Labute approximate surface area is 169 Å². The predicted molar refractivity (Wildman–Crippen MR) is 109 cm³/mol. The van der Waals surface area contributed by atoms with Gasteiger partial charge < -0.3 is 18.9 Å². The molecule has 1 atom stereocenters. The van der Waals surface area contributed by atoms with E-state index in [1.807, 2.05) is 24.1 Å². The summed E-state index contributed by atoms with van der Waals surface area (Å²) in [6, 6.07) is 8.38. The van der Waals surface area contributed by atoms with E-state index in [0.717, 1.165) is 30.9 Å². The molecule has 3 aromatic heterocycles. The molecule has 0 unspecified atom stereocenters. The summed E-state index contributed by atoms with van der Waals surface area (Å²) in [4.78, 5) is 22.4. The fourth-order valence-corrected chi connectivity index (χ4v) is 5.00. The molecule has 7 nitrogen and oxygen atoms in total. The maximum absolute atomic E-state index is 13.3. The summed E-state index contributed by atoms with van der Waals surface area (Å²) in [5.74, 6) is 1.55. The van der Waals surface area contributed by atoms with E-state index in [1.54, 1.807) is 6.92 Å². The minimum Gasteiger partial charge on any atom is -0.361 e. The smallest absolute Gasteiger partial charge is 0.259 e. The summed E-state index contributed by atoms with van der Waals surface area (Å²) >= 11 is 0. The number of carbonyl (C=O) groups excluding carboxylic acids is 1. The lowest BCUT2D eigenvalue weighted by Crippen LogP contribution is -2.53. The van der Waals surface area contributed by atoms with E-state index >= 15 is 0 Å². The van der Waals surface area contributed by atoms with Crippen LogP contribution in [0.2, 0.25) is 0 Å². The average molecular weight is 391 g/mol. The van der Waals surface area contributed by atoms with E-state index in [4.69, 9.17) is 4.52 Å². The largest absolute Gasteiger partial charge is 0.361 e. The van der Waals surface area contributed by atoms with Crippen LogP contribution < -0.4 is 4.90 Å². The van der Waals surface area contributed by atoms with Gasteiger partial charge in [0.15, 0.2) is 5.82 Å². The number of pyridine rings is 1. The predicted octanol–water partition coefficient (Wildman–Crippen LogP) is 3.45. The third kappa shape index (κ3) is 2.46. The first kappa shape index (κ1) is 18.0. The first-order valence-electron chi connectivity index (χ1n) is 10.2. The Kier molecular flexibility index (Phi) is 4.01. The Hall–Kier alpha value is -3.09. The number of hydrogen-bond acceptors (Lipinski definition) is 5. The fourth-order valence-electron chi connectivity index (χ4n) is 5.00. The van der Waals surface area contributed by atoms with Gasteiger partial charge in [0.1, 0.15) is 16.9 Å². The molecule has 1 fully saturated rings. The molecule has 2 aliphatic heterocycles. The maximum atomic E-state index is 13.3. The Morgan fingerprint density at radius 3 is 2.90 bits per heavy atom. The Balaban J connectivity index is 1.59. The van der Waals surface area contributed by atoms with E-state index in [-0.39, 0.29) is 11.4 Å². The van der Waals surface area contributed by atoms with Crippen LogP contribution >= 0.6 is 0 Å². The molecular formula is C22H25N5O2. The van der Waals surface area contributed by atoms with Crippen molar-refractivity contribution in [2.45, 2.75) is 39.2 Å². The van der Waals surface area contributed by atoms with Crippen LogP contribution in [0.15, 0.2) is 41.2 Å². The second-order valence-electron chi connectivity index (χ2n) is 7.97. The van der Waals surface area contributed by atoms with Crippen LogP contribution in [-0.2, 0) is 5.54 Å². The van der Waals surface area contributed by atoms with Gasteiger partial charge in [-0.05, 0) is 51.0 Å². The second-order valence-corrected chi connectivity index (χ2v) is 7.97. The molecule has 3 aromatic rings. The molecule has 150 valence electrons. The number of fused-ring (bicyclic) bond motifs is 4. The van der Waals surface area contributed by atoms with E-state index < -0.39 is 0 Å². The maximum Gasteiger partial charge on any atom is 0.259 e. The first-order valence-corrected chi connectivity index (χ1v) is 10.2. The van der Waals surface area contributed by atoms with Gasteiger partial charge in [0.25, 0.3) is 5.91 Å². The Morgan fingerprint density at radius 2 is 2.14 bits per heavy atom. The quantitative estimate of drug-likeness (QED) is 0.684. The molecule has 5 heterocycles. The third-order valence-electron chi connectivity index (χ3n) is 6.26. The van der Waals surface area contributed by atoms with Crippen LogP contribution in [0.25, 0.3) is 5.82 Å². The van der Waals surface area contributed by atoms with E-state index in [2.05, 4.69) is 50.9 Å². The lowest BCUT2D eigenvalue weighted by molar-refractivity contribution is 0.0779. The molecule has 0 bridgehead atoms. The van der Waals surface area contributed by atoms with Crippen LogP contribution in [0.5, 0.6) is 0 Å². The molecule has 1 saturated heterocycles. The van der Waals surface area contributed by atoms with Crippen LogP contribution in [0.1, 0.15) is 47.3 Å². The van der Waals surface area contributed by atoms with Crippen molar-refractivity contribution in [2.24, 2.45) is 0 Å². The van der Waals surface area contributed by atoms with Crippen molar-refractivity contribution >= 4 is 11.6 Å². The molecule has 5 rings (SSSR count).